The molecule has 0 aliphatic carbocycles. The third kappa shape index (κ3) is 3.00. The molecule has 1 aliphatic rings. The number of aryl methyl sites for hydroxylation is 1. The van der Waals surface area contributed by atoms with Crippen LogP contribution in [0.3, 0.4) is 0 Å². The van der Waals surface area contributed by atoms with E-state index in [1.165, 1.54) is 0 Å². The Hall–Kier alpha value is -2.30. The molecule has 0 spiro atoms. The van der Waals surface area contributed by atoms with Gasteiger partial charge in [0.2, 0.25) is 0 Å². The van der Waals surface area contributed by atoms with Crippen molar-refractivity contribution in [3.63, 3.8) is 0 Å². The molecule has 1 N–H and O–H groups in total. The quantitative estimate of drug-likeness (QED) is 0.682. The Morgan fingerprint density at radius 1 is 1.15 bits per heavy atom. The number of H-pyrrole nitrogens is 1. The summed E-state index contributed by atoms with van der Waals surface area (Å²) in [5, 5.41) is 0.689. The van der Waals surface area contributed by atoms with E-state index in [1.807, 2.05) is 18.2 Å². The minimum atomic E-state index is -0.116. The number of imidazole rings is 1. The van der Waals surface area contributed by atoms with Crippen LogP contribution < -0.4 is 0 Å². The Labute approximate surface area is 161 Å². The highest BCUT2D eigenvalue weighted by Crippen LogP contribution is 2.29. The number of aromatic nitrogens is 2. The Morgan fingerprint density at radius 2 is 1.96 bits per heavy atom. The number of benzene rings is 2. The number of nitrogens with zero attached hydrogens (tertiary/aromatic N) is 2. The Bertz CT molecular complexity index is 996. The van der Waals surface area contributed by atoms with Crippen LogP contribution in [-0.2, 0) is 13.0 Å². The Kier molecular flexibility index (Phi) is 4.47. The monoisotopic (exact) mass is 385 g/mol. The van der Waals surface area contributed by atoms with Crippen molar-refractivity contribution >= 4 is 29.1 Å². The molecule has 132 valence electrons. The number of nitrogens with one attached hydrogen (secondary N) is 1. The minimum Gasteiger partial charge on any atom is -0.340 e. The molecule has 2 heterocycles. The standard InChI is InChI=1S/C20H17Cl2N3O/c1-12-5-2-3-6-13(12)19-23-16-9-10-25(11-17(16)24-19)20(26)14-7-4-8-15(21)18(14)22/h2-8H,9-11H2,1H3,(H,23,24). The topological polar surface area (TPSA) is 49.0 Å². The zero-order chi connectivity index (χ0) is 18.3. The first-order valence-electron chi connectivity index (χ1n) is 8.41. The van der Waals surface area contributed by atoms with Gasteiger partial charge in [0.15, 0.2) is 0 Å². The second kappa shape index (κ2) is 6.78. The van der Waals surface area contributed by atoms with Gasteiger partial charge in [0.1, 0.15) is 5.82 Å². The third-order valence-corrected chi connectivity index (χ3v) is 5.52. The van der Waals surface area contributed by atoms with Crippen molar-refractivity contribution in [3.8, 4) is 11.4 Å². The maximum atomic E-state index is 12.9. The van der Waals surface area contributed by atoms with Gasteiger partial charge in [-0.25, -0.2) is 4.98 Å². The highest BCUT2D eigenvalue weighted by atomic mass is 35.5. The number of hydrogen-bond acceptors (Lipinski definition) is 2. The van der Waals surface area contributed by atoms with E-state index in [4.69, 9.17) is 28.2 Å². The van der Waals surface area contributed by atoms with E-state index >= 15 is 0 Å². The van der Waals surface area contributed by atoms with E-state index in [0.717, 1.165) is 28.3 Å². The van der Waals surface area contributed by atoms with Crippen molar-refractivity contribution in [1.29, 1.82) is 0 Å². The van der Waals surface area contributed by atoms with Gasteiger partial charge < -0.3 is 9.88 Å². The molecule has 0 atom stereocenters. The number of carbonyl (C=O) groups excluding carboxylic acids is 1. The summed E-state index contributed by atoms with van der Waals surface area (Å²) in [7, 11) is 0. The van der Waals surface area contributed by atoms with Crippen LogP contribution >= 0.6 is 23.2 Å². The number of halogens is 2. The number of carbonyl (C=O) groups is 1. The Morgan fingerprint density at radius 3 is 2.77 bits per heavy atom. The number of aromatic amines is 1. The molecule has 0 radical (unpaired) electrons. The van der Waals surface area contributed by atoms with Crippen LogP contribution in [0.2, 0.25) is 10.0 Å². The van der Waals surface area contributed by atoms with Gasteiger partial charge in [-0.1, -0.05) is 53.5 Å². The molecular weight excluding hydrogens is 369 g/mol. The lowest BCUT2D eigenvalue weighted by Gasteiger charge is -2.26. The SMILES string of the molecule is Cc1ccccc1-c1nc2c([nH]1)CN(C(=O)c1cccc(Cl)c1Cl)CC2. The molecule has 4 rings (SSSR count). The summed E-state index contributed by atoms with van der Waals surface area (Å²) in [5.74, 6) is 0.735. The molecule has 0 bridgehead atoms. The molecule has 0 unspecified atom stereocenters. The zero-order valence-corrected chi connectivity index (χ0v) is 15.7. The number of rotatable bonds is 2. The van der Waals surface area contributed by atoms with E-state index in [0.29, 0.717) is 35.1 Å². The summed E-state index contributed by atoms with van der Waals surface area (Å²) in [6, 6.07) is 13.2. The molecule has 0 fully saturated rings. The summed E-state index contributed by atoms with van der Waals surface area (Å²) >= 11 is 12.3. The van der Waals surface area contributed by atoms with Crippen molar-refractivity contribution in [2.24, 2.45) is 0 Å². The molecule has 0 saturated carbocycles. The van der Waals surface area contributed by atoms with Crippen LogP contribution in [0, 0.1) is 6.92 Å². The fourth-order valence-electron chi connectivity index (χ4n) is 3.27. The summed E-state index contributed by atoms with van der Waals surface area (Å²) in [6.07, 6.45) is 0.710. The lowest BCUT2D eigenvalue weighted by molar-refractivity contribution is 0.0732. The Balaban J connectivity index is 1.61. The predicted octanol–water partition coefficient (Wildman–Crippen LogP) is 4.89. The summed E-state index contributed by atoms with van der Waals surface area (Å²) in [4.78, 5) is 22.8. The summed E-state index contributed by atoms with van der Waals surface area (Å²) in [5.41, 5.74) is 4.67. The minimum absolute atomic E-state index is 0.116. The maximum absolute atomic E-state index is 12.9. The molecule has 0 saturated heterocycles. The normalized spacial score (nSPS) is 13.6. The van der Waals surface area contributed by atoms with Gasteiger partial charge in [-0.05, 0) is 24.6 Å². The van der Waals surface area contributed by atoms with E-state index in [2.05, 4.69) is 18.0 Å². The molecule has 2 aromatic carbocycles. The largest absolute Gasteiger partial charge is 0.340 e. The van der Waals surface area contributed by atoms with Crippen molar-refractivity contribution < 1.29 is 4.79 Å². The van der Waals surface area contributed by atoms with Gasteiger partial charge >= 0.3 is 0 Å². The fraction of sp³-hybridized carbons (Fsp3) is 0.200. The lowest BCUT2D eigenvalue weighted by Crippen LogP contribution is -2.36. The van der Waals surface area contributed by atoms with Crippen LogP contribution in [0.5, 0.6) is 0 Å². The number of fused-ring (bicyclic) bond motifs is 1. The first-order chi connectivity index (χ1) is 12.5. The van der Waals surface area contributed by atoms with E-state index in [9.17, 15) is 4.79 Å². The predicted molar refractivity (Wildman–Crippen MR) is 104 cm³/mol. The van der Waals surface area contributed by atoms with Gasteiger partial charge in [0.25, 0.3) is 5.91 Å². The first-order valence-corrected chi connectivity index (χ1v) is 9.17. The molecule has 26 heavy (non-hydrogen) atoms. The van der Waals surface area contributed by atoms with Crippen molar-refractivity contribution in [2.75, 3.05) is 6.54 Å². The number of amides is 1. The highest BCUT2D eigenvalue weighted by molar-refractivity contribution is 6.43. The van der Waals surface area contributed by atoms with Gasteiger partial charge in [0.05, 0.1) is 33.5 Å². The van der Waals surface area contributed by atoms with E-state index in [1.54, 1.807) is 23.1 Å². The summed E-state index contributed by atoms with van der Waals surface area (Å²) < 4.78 is 0. The average molecular weight is 386 g/mol. The first kappa shape index (κ1) is 17.1. The molecular formula is C20H17Cl2N3O. The molecule has 1 aromatic heterocycles. The second-order valence-electron chi connectivity index (χ2n) is 6.40. The molecule has 4 nitrogen and oxygen atoms in total. The summed E-state index contributed by atoms with van der Waals surface area (Å²) in [6.45, 7) is 3.15. The molecule has 3 aromatic rings. The highest BCUT2D eigenvalue weighted by Gasteiger charge is 2.26. The van der Waals surface area contributed by atoms with E-state index < -0.39 is 0 Å². The van der Waals surface area contributed by atoms with Crippen molar-refractivity contribution in [2.45, 2.75) is 19.9 Å². The van der Waals surface area contributed by atoms with Crippen LogP contribution in [0.15, 0.2) is 42.5 Å². The average Bonchev–Trinajstić information content (AvgIpc) is 3.06. The third-order valence-electron chi connectivity index (χ3n) is 4.70. The molecule has 1 amide bonds. The van der Waals surface area contributed by atoms with Gasteiger partial charge in [-0.15, -0.1) is 0 Å². The maximum Gasteiger partial charge on any atom is 0.255 e. The van der Waals surface area contributed by atoms with Gasteiger partial charge in [-0.2, -0.15) is 0 Å². The smallest absolute Gasteiger partial charge is 0.255 e. The van der Waals surface area contributed by atoms with Crippen LogP contribution in [-0.4, -0.2) is 27.3 Å². The fourth-order valence-corrected chi connectivity index (χ4v) is 3.65. The lowest BCUT2D eigenvalue weighted by atomic mass is 10.1. The van der Waals surface area contributed by atoms with Crippen molar-refractivity contribution in [1.82, 2.24) is 14.9 Å². The van der Waals surface area contributed by atoms with Crippen LogP contribution in [0.1, 0.15) is 27.3 Å². The molecule has 1 aliphatic heterocycles. The van der Waals surface area contributed by atoms with Crippen LogP contribution in [0.25, 0.3) is 11.4 Å². The van der Waals surface area contributed by atoms with E-state index in [-0.39, 0.29) is 5.91 Å². The zero-order valence-electron chi connectivity index (χ0n) is 14.2. The van der Waals surface area contributed by atoms with Gasteiger partial charge in [0, 0.05) is 18.5 Å². The van der Waals surface area contributed by atoms with Gasteiger partial charge in [-0.3, -0.25) is 4.79 Å². The second-order valence-corrected chi connectivity index (χ2v) is 7.19. The number of hydrogen-bond donors (Lipinski definition) is 1. The van der Waals surface area contributed by atoms with Crippen molar-refractivity contribution in [3.05, 3.63) is 75.0 Å². The van der Waals surface area contributed by atoms with Crippen LogP contribution in [0.4, 0.5) is 0 Å². The molecule has 6 heteroatoms.